The van der Waals surface area contributed by atoms with Crippen LogP contribution in [0.2, 0.25) is 5.02 Å². The minimum Gasteiger partial charge on any atom is -0.345 e. The second kappa shape index (κ2) is 10.9. The largest absolute Gasteiger partial charge is 0.345 e. The Bertz CT molecular complexity index is 1270. The lowest BCUT2D eigenvalue weighted by atomic mass is 10.1. The Morgan fingerprint density at radius 1 is 0.941 bits per heavy atom. The molecule has 1 N–H and O–H groups in total. The van der Waals surface area contributed by atoms with Gasteiger partial charge in [0.1, 0.15) is 5.82 Å². The van der Waals surface area contributed by atoms with Crippen molar-refractivity contribution in [3.63, 3.8) is 0 Å². The third-order valence-electron chi connectivity index (χ3n) is 5.85. The first kappa shape index (κ1) is 24.0. The molecule has 0 aliphatic rings. The highest BCUT2D eigenvalue weighted by molar-refractivity contribution is 7.80. The van der Waals surface area contributed by atoms with Gasteiger partial charge in [-0.3, -0.25) is 0 Å². The zero-order chi connectivity index (χ0) is 24.1. The van der Waals surface area contributed by atoms with Gasteiger partial charge in [0.2, 0.25) is 0 Å². The van der Waals surface area contributed by atoms with Crippen LogP contribution in [0, 0.1) is 19.7 Å². The molecule has 174 valence electrons. The summed E-state index contributed by atoms with van der Waals surface area (Å²) in [5.41, 5.74) is 6.47. The Hall–Kier alpha value is -3.15. The fourth-order valence-electron chi connectivity index (χ4n) is 3.98. The second-order valence-corrected chi connectivity index (χ2v) is 9.20. The van der Waals surface area contributed by atoms with Gasteiger partial charge in [0.05, 0.1) is 6.54 Å². The molecule has 0 unspecified atom stereocenters. The maximum atomic E-state index is 13.5. The number of thiocarbonyl (C=S) groups is 1. The summed E-state index contributed by atoms with van der Waals surface area (Å²) in [4.78, 5) is 2.16. The SMILES string of the molecule is Cc1cccc(C)c1NC(=S)N(Cc1ccccc1)Cc1cccn1Cc1ccc(F)cc1Cl. The molecule has 3 nitrogen and oxygen atoms in total. The molecule has 4 aromatic rings. The maximum Gasteiger partial charge on any atom is 0.174 e. The number of para-hydroxylation sites is 1. The van der Waals surface area contributed by atoms with Crippen molar-refractivity contribution in [3.8, 4) is 0 Å². The summed E-state index contributed by atoms with van der Waals surface area (Å²) in [6.45, 7) is 5.99. The molecule has 0 aliphatic carbocycles. The lowest BCUT2D eigenvalue weighted by Gasteiger charge is -2.28. The Morgan fingerprint density at radius 3 is 2.38 bits per heavy atom. The van der Waals surface area contributed by atoms with Gasteiger partial charge in [0.15, 0.2) is 5.11 Å². The molecule has 0 saturated carbocycles. The molecule has 4 rings (SSSR count). The van der Waals surface area contributed by atoms with Crippen molar-refractivity contribution < 1.29 is 4.39 Å². The first-order valence-electron chi connectivity index (χ1n) is 11.1. The molecular formula is C28H27ClFN3S. The van der Waals surface area contributed by atoms with Crippen LogP contribution in [0.5, 0.6) is 0 Å². The first-order valence-corrected chi connectivity index (χ1v) is 11.9. The van der Waals surface area contributed by atoms with Crippen LogP contribution in [0.25, 0.3) is 0 Å². The summed E-state index contributed by atoms with van der Waals surface area (Å²) in [5.74, 6) is -0.335. The van der Waals surface area contributed by atoms with E-state index in [1.54, 1.807) is 6.07 Å². The molecule has 0 spiro atoms. The molecule has 1 aromatic heterocycles. The van der Waals surface area contributed by atoms with E-state index in [0.717, 1.165) is 28.1 Å². The van der Waals surface area contributed by atoms with Gasteiger partial charge in [-0.05, 0) is 72.6 Å². The van der Waals surface area contributed by atoms with Gasteiger partial charge >= 0.3 is 0 Å². The van der Waals surface area contributed by atoms with E-state index in [1.807, 2.05) is 36.5 Å². The summed E-state index contributed by atoms with van der Waals surface area (Å²) in [6, 6.07) is 25.1. The summed E-state index contributed by atoms with van der Waals surface area (Å²) in [6.07, 6.45) is 2.01. The summed E-state index contributed by atoms with van der Waals surface area (Å²) >= 11 is 12.2. The van der Waals surface area contributed by atoms with E-state index in [-0.39, 0.29) is 5.82 Å². The third-order valence-corrected chi connectivity index (χ3v) is 6.56. The van der Waals surface area contributed by atoms with Crippen LogP contribution in [0.15, 0.2) is 85.1 Å². The van der Waals surface area contributed by atoms with Crippen molar-refractivity contribution in [2.45, 2.75) is 33.5 Å². The van der Waals surface area contributed by atoms with E-state index in [0.29, 0.717) is 29.8 Å². The van der Waals surface area contributed by atoms with Gasteiger partial charge in [-0.1, -0.05) is 66.2 Å². The summed E-state index contributed by atoms with van der Waals surface area (Å²) in [5, 5.41) is 4.57. The second-order valence-electron chi connectivity index (χ2n) is 8.40. The van der Waals surface area contributed by atoms with E-state index in [1.165, 1.54) is 17.7 Å². The number of rotatable bonds is 7. The van der Waals surface area contributed by atoms with Crippen molar-refractivity contribution >= 4 is 34.6 Å². The highest BCUT2D eigenvalue weighted by atomic mass is 35.5. The average molecular weight is 492 g/mol. The first-order chi connectivity index (χ1) is 16.4. The topological polar surface area (TPSA) is 20.2 Å². The van der Waals surface area contributed by atoms with Crippen LogP contribution in [-0.4, -0.2) is 14.6 Å². The molecule has 34 heavy (non-hydrogen) atoms. The van der Waals surface area contributed by atoms with Crippen molar-refractivity contribution in [1.29, 1.82) is 0 Å². The third kappa shape index (κ3) is 5.85. The van der Waals surface area contributed by atoms with E-state index in [2.05, 4.69) is 59.0 Å². The zero-order valence-electron chi connectivity index (χ0n) is 19.3. The molecule has 1 heterocycles. The normalized spacial score (nSPS) is 10.8. The number of benzene rings is 3. The lowest BCUT2D eigenvalue weighted by Crippen LogP contribution is -2.35. The summed E-state index contributed by atoms with van der Waals surface area (Å²) < 4.78 is 15.6. The molecule has 0 amide bonds. The fourth-order valence-corrected chi connectivity index (χ4v) is 4.44. The molecule has 0 radical (unpaired) electrons. The van der Waals surface area contributed by atoms with Crippen LogP contribution in [0.3, 0.4) is 0 Å². The zero-order valence-corrected chi connectivity index (χ0v) is 20.8. The standard InChI is InChI=1S/C28H27ClFN3S/c1-20-8-6-9-21(2)27(20)31-28(34)33(17-22-10-4-3-5-11-22)19-25-12-7-15-32(25)18-23-13-14-24(30)16-26(23)29/h3-16H,17-19H2,1-2H3,(H,31,34). The van der Waals surface area contributed by atoms with Crippen LogP contribution in [0.1, 0.15) is 27.9 Å². The van der Waals surface area contributed by atoms with Gasteiger partial charge in [0.25, 0.3) is 0 Å². The average Bonchev–Trinajstić information content (AvgIpc) is 3.25. The number of hydrogen-bond donors (Lipinski definition) is 1. The van der Waals surface area contributed by atoms with E-state index in [4.69, 9.17) is 23.8 Å². The molecule has 6 heteroatoms. The van der Waals surface area contributed by atoms with E-state index >= 15 is 0 Å². The molecular weight excluding hydrogens is 465 g/mol. The Kier molecular flexibility index (Phi) is 7.66. The van der Waals surface area contributed by atoms with Gasteiger partial charge in [0, 0.05) is 35.7 Å². The summed E-state index contributed by atoms with van der Waals surface area (Å²) in [7, 11) is 0. The maximum absolute atomic E-state index is 13.5. The van der Waals surface area contributed by atoms with Crippen LogP contribution in [0.4, 0.5) is 10.1 Å². The van der Waals surface area contributed by atoms with Gasteiger partial charge in [-0.2, -0.15) is 0 Å². The number of aryl methyl sites for hydroxylation is 2. The van der Waals surface area contributed by atoms with E-state index in [9.17, 15) is 4.39 Å². The highest BCUT2D eigenvalue weighted by Crippen LogP contribution is 2.23. The van der Waals surface area contributed by atoms with Crippen LogP contribution >= 0.6 is 23.8 Å². The van der Waals surface area contributed by atoms with Gasteiger partial charge in [-0.15, -0.1) is 0 Å². The van der Waals surface area contributed by atoms with Crippen molar-refractivity contribution in [2.24, 2.45) is 0 Å². The number of aromatic nitrogens is 1. The predicted octanol–water partition coefficient (Wildman–Crippen LogP) is 7.34. The number of nitrogens with one attached hydrogen (secondary N) is 1. The number of hydrogen-bond acceptors (Lipinski definition) is 1. The number of halogens is 2. The van der Waals surface area contributed by atoms with Crippen LogP contribution in [-0.2, 0) is 19.6 Å². The smallest absolute Gasteiger partial charge is 0.174 e. The van der Waals surface area contributed by atoms with Crippen LogP contribution < -0.4 is 5.32 Å². The molecule has 0 aliphatic heterocycles. The predicted molar refractivity (Wildman–Crippen MR) is 143 cm³/mol. The lowest BCUT2D eigenvalue weighted by molar-refractivity contribution is 0.399. The molecule has 0 saturated heterocycles. The van der Waals surface area contributed by atoms with Gasteiger partial charge < -0.3 is 14.8 Å². The van der Waals surface area contributed by atoms with E-state index < -0.39 is 0 Å². The molecule has 0 fully saturated rings. The minimum atomic E-state index is -0.335. The Labute approximate surface area is 210 Å². The monoisotopic (exact) mass is 491 g/mol. The Balaban J connectivity index is 1.59. The van der Waals surface area contributed by atoms with Crippen molar-refractivity contribution in [3.05, 3.63) is 124 Å². The number of anilines is 1. The molecule has 3 aromatic carbocycles. The van der Waals surface area contributed by atoms with Gasteiger partial charge in [-0.25, -0.2) is 4.39 Å². The Morgan fingerprint density at radius 2 is 1.68 bits per heavy atom. The minimum absolute atomic E-state index is 0.335. The molecule has 0 atom stereocenters. The quantitative estimate of drug-likeness (QED) is 0.273. The van der Waals surface area contributed by atoms with Crippen molar-refractivity contribution in [2.75, 3.05) is 5.32 Å². The van der Waals surface area contributed by atoms with Crippen molar-refractivity contribution in [1.82, 2.24) is 9.47 Å². The highest BCUT2D eigenvalue weighted by Gasteiger charge is 2.16. The fraction of sp³-hybridized carbons (Fsp3) is 0.179. The number of nitrogens with zero attached hydrogens (tertiary/aromatic N) is 2. The molecule has 0 bridgehead atoms.